The zero-order valence-corrected chi connectivity index (χ0v) is 15.7. The monoisotopic (exact) mass is 353 g/mol. The lowest BCUT2D eigenvalue weighted by Crippen LogP contribution is -2.36. The molecule has 0 aliphatic carbocycles. The van der Waals surface area contributed by atoms with Crippen LogP contribution in [0.2, 0.25) is 0 Å². The SMILES string of the molecule is Cc1cc(CC2CCCN(Cc3ccc4c(n3)OCCO4)C2)cc(C)n1. The Balaban J connectivity index is 1.39. The Morgan fingerprint density at radius 2 is 1.88 bits per heavy atom. The number of aromatic nitrogens is 2. The molecule has 0 N–H and O–H groups in total. The maximum Gasteiger partial charge on any atom is 0.257 e. The first-order chi connectivity index (χ1) is 12.7. The number of ether oxygens (including phenoxy) is 2. The molecule has 26 heavy (non-hydrogen) atoms. The van der Waals surface area contributed by atoms with Gasteiger partial charge < -0.3 is 9.47 Å². The van der Waals surface area contributed by atoms with Crippen LogP contribution in [0.25, 0.3) is 0 Å². The van der Waals surface area contributed by atoms with Gasteiger partial charge in [0.2, 0.25) is 0 Å². The van der Waals surface area contributed by atoms with Crippen LogP contribution in [-0.2, 0) is 13.0 Å². The number of rotatable bonds is 4. The molecular weight excluding hydrogens is 326 g/mol. The molecule has 1 atom stereocenters. The van der Waals surface area contributed by atoms with Gasteiger partial charge in [0.25, 0.3) is 5.88 Å². The lowest BCUT2D eigenvalue weighted by Gasteiger charge is -2.32. The third-order valence-electron chi connectivity index (χ3n) is 5.12. The number of hydrogen-bond donors (Lipinski definition) is 0. The molecule has 2 aromatic rings. The van der Waals surface area contributed by atoms with Gasteiger partial charge in [-0.15, -0.1) is 0 Å². The van der Waals surface area contributed by atoms with Gasteiger partial charge in [0, 0.05) is 24.5 Å². The predicted molar refractivity (Wildman–Crippen MR) is 101 cm³/mol. The van der Waals surface area contributed by atoms with Gasteiger partial charge in [0.1, 0.15) is 13.2 Å². The van der Waals surface area contributed by atoms with Crippen molar-refractivity contribution in [2.75, 3.05) is 26.3 Å². The Kier molecular flexibility index (Phi) is 5.07. The number of likely N-dealkylation sites (tertiary alicyclic amines) is 1. The zero-order valence-electron chi connectivity index (χ0n) is 15.7. The Labute approximate surface area is 155 Å². The minimum atomic E-state index is 0.583. The molecule has 2 aliphatic heterocycles. The molecule has 5 heteroatoms. The summed E-state index contributed by atoms with van der Waals surface area (Å²) in [7, 11) is 0. The summed E-state index contributed by atoms with van der Waals surface area (Å²) in [6, 6.07) is 8.51. The zero-order chi connectivity index (χ0) is 17.9. The standard InChI is InChI=1S/C21H27N3O2/c1-15-10-18(11-16(2)22-15)12-17-4-3-7-24(13-17)14-19-5-6-20-21(23-19)26-9-8-25-20/h5-6,10-11,17H,3-4,7-9,12-14H2,1-2H3. The molecule has 0 bridgehead atoms. The molecule has 1 fully saturated rings. The number of hydrogen-bond acceptors (Lipinski definition) is 5. The van der Waals surface area contributed by atoms with Crippen molar-refractivity contribution in [3.05, 3.63) is 46.9 Å². The predicted octanol–water partition coefficient (Wildman–Crippen LogP) is 3.32. The van der Waals surface area contributed by atoms with Gasteiger partial charge in [0.05, 0.1) is 5.69 Å². The highest BCUT2D eigenvalue weighted by atomic mass is 16.6. The van der Waals surface area contributed by atoms with Gasteiger partial charge >= 0.3 is 0 Å². The molecule has 138 valence electrons. The number of piperidine rings is 1. The Bertz CT molecular complexity index is 758. The molecule has 1 saturated heterocycles. The van der Waals surface area contributed by atoms with Crippen LogP contribution in [-0.4, -0.2) is 41.2 Å². The number of nitrogens with zero attached hydrogens (tertiary/aromatic N) is 3. The van der Waals surface area contributed by atoms with Crippen LogP contribution in [0.4, 0.5) is 0 Å². The molecular formula is C21H27N3O2. The first kappa shape index (κ1) is 17.3. The molecule has 0 aromatic carbocycles. The van der Waals surface area contributed by atoms with Crippen LogP contribution < -0.4 is 9.47 Å². The second-order valence-electron chi connectivity index (χ2n) is 7.51. The van der Waals surface area contributed by atoms with Crippen molar-refractivity contribution in [1.82, 2.24) is 14.9 Å². The molecule has 0 saturated carbocycles. The highest BCUT2D eigenvalue weighted by Gasteiger charge is 2.22. The van der Waals surface area contributed by atoms with Crippen LogP contribution in [0.1, 0.15) is 35.5 Å². The smallest absolute Gasteiger partial charge is 0.257 e. The molecule has 0 amide bonds. The average molecular weight is 353 g/mol. The summed E-state index contributed by atoms with van der Waals surface area (Å²) in [5, 5.41) is 0. The average Bonchev–Trinajstić information content (AvgIpc) is 2.61. The minimum Gasteiger partial charge on any atom is -0.484 e. The third kappa shape index (κ3) is 4.15. The minimum absolute atomic E-state index is 0.583. The summed E-state index contributed by atoms with van der Waals surface area (Å²) >= 11 is 0. The first-order valence-corrected chi connectivity index (χ1v) is 9.58. The van der Waals surface area contributed by atoms with Gasteiger partial charge in [0.15, 0.2) is 5.75 Å². The molecule has 4 heterocycles. The summed E-state index contributed by atoms with van der Waals surface area (Å²) in [6.45, 7) is 8.49. The van der Waals surface area contributed by atoms with Crippen LogP contribution in [0.15, 0.2) is 24.3 Å². The fourth-order valence-corrected chi connectivity index (χ4v) is 4.12. The van der Waals surface area contributed by atoms with Crippen molar-refractivity contribution in [1.29, 1.82) is 0 Å². The summed E-state index contributed by atoms with van der Waals surface area (Å²) in [5.41, 5.74) is 4.71. The third-order valence-corrected chi connectivity index (χ3v) is 5.12. The topological polar surface area (TPSA) is 47.5 Å². The largest absolute Gasteiger partial charge is 0.484 e. The van der Waals surface area contributed by atoms with Crippen LogP contribution in [0, 0.1) is 19.8 Å². The van der Waals surface area contributed by atoms with E-state index in [4.69, 9.17) is 9.47 Å². The van der Waals surface area contributed by atoms with Crippen molar-refractivity contribution in [2.45, 2.75) is 39.7 Å². The van der Waals surface area contributed by atoms with E-state index in [1.165, 1.54) is 18.4 Å². The fourth-order valence-electron chi connectivity index (χ4n) is 4.12. The van der Waals surface area contributed by atoms with Crippen LogP contribution >= 0.6 is 0 Å². The Morgan fingerprint density at radius 3 is 2.73 bits per heavy atom. The molecule has 1 unspecified atom stereocenters. The molecule has 2 aliphatic rings. The molecule has 5 nitrogen and oxygen atoms in total. The van der Waals surface area contributed by atoms with Gasteiger partial charge in [-0.05, 0) is 75.4 Å². The molecule has 2 aromatic heterocycles. The van der Waals surface area contributed by atoms with Crippen molar-refractivity contribution >= 4 is 0 Å². The molecule has 0 spiro atoms. The number of pyridine rings is 2. The molecule has 4 rings (SSSR count). The van der Waals surface area contributed by atoms with E-state index in [9.17, 15) is 0 Å². The maximum absolute atomic E-state index is 5.62. The van der Waals surface area contributed by atoms with Crippen molar-refractivity contribution in [3.8, 4) is 11.6 Å². The quantitative estimate of drug-likeness (QED) is 0.844. The maximum atomic E-state index is 5.62. The second-order valence-corrected chi connectivity index (χ2v) is 7.51. The number of fused-ring (bicyclic) bond motifs is 1. The van der Waals surface area contributed by atoms with Gasteiger partial charge in [-0.25, -0.2) is 4.98 Å². The number of aryl methyl sites for hydroxylation is 2. The van der Waals surface area contributed by atoms with Crippen LogP contribution in [0.3, 0.4) is 0 Å². The van der Waals surface area contributed by atoms with Gasteiger partial charge in [-0.1, -0.05) is 0 Å². The van der Waals surface area contributed by atoms with E-state index < -0.39 is 0 Å². The van der Waals surface area contributed by atoms with E-state index in [1.807, 2.05) is 6.07 Å². The summed E-state index contributed by atoms with van der Waals surface area (Å²) in [5.74, 6) is 2.10. The van der Waals surface area contributed by atoms with E-state index in [2.05, 4.69) is 46.9 Å². The normalized spacial score (nSPS) is 20.2. The Morgan fingerprint density at radius 1 is 1.08 bits per heavy atom. The van der Waals surface area contributed by atoms with E-state index in [0.717, 1.165) is 48.9 Å². The second kappa shape index (κ2) is 7.62. The van der Waals surface area contributed by atoms with Gasteiger partial charge in [-0.3, -0.25) is 9.88 Å². The molecule has 0 radical (unpaired) electrons. The van der Waals surface area contributed by atoms with E-state index >= 15 is 0 Å². The Hall–Kier alpha value is -2.14. The summed E-state index contributed by atoms with van der Waals surface area (Å²) in [6.07, 6.45) is 3.68. The van der Waals surface area contributed by atoms with Crippen molar-refractivity contribution in [2.24, 2.45) is 5.92 Å². The van der Waals surface area contributed by atoms with Crippen molar-refractivity contribution in [3.63, 3.8) is 0 Å². The van der Waals surface area contributed by atoms with Gasteiger partial charge in [-0.2, -0.15) is 0 Å². The summed E-state index contributed by atoms with van der Waals surface area (Å²) in [4.78, 5) is 11.7. The van der Waals surface area contributed by atoms with Crippen molar-refractivity contribution < 1.29 is 9.47 Å². The van der Waals surface area contributed by atoms with E-state index in [1.54, 1.807) is 0 Å². The fraction of sp³-hybridized carbons (Fsp3) is 0.524. The first-order valence-electron chi connectivity index (χ1n) is 9.58. The summed E-state index contributed by atoms with van der Waals surface area (Å²) < 4.78 is 11.2. The lowest BCUT2D eigenvalue weighted by atomic mass is 9.91. The van der Waals surface area contributed by atoms with E-state index in [-0.39, 0.29) is 0 Å². The van der Waals surface area contributed by atoms with Crippen LogP contribution in [0.5, 0.6) is 11.6 Å². The van der Waals surface area contributed by atoms with E-state index in [0.29, 0.717) is 25.0 Å². The highest BCUT2D eigenvalue weighted by Crippen LogP contribution is 2.28. The lowest BCUT2D eigenvalue weighted by molar-refractivity contribution is 0.155. The highest BCUT2D eigenvalue weighted by molar-refractivity contribution is 5.35.